The molecule has 0 spiro atoms. The lowest BCUT2D eigenvalue weighted by Gasteiger charge is -2.06. The molecule has 5 rings (SSSR count). The lowest BCUT2D eigenvalue weighted by molar-refractivity contribution is -0.132. The number of carbonyl (C=O) groups is 8. The van der Waals surface area contributed by atoms with Crippen molar-refractivity contribution < 1.29 is 79.2 Å². The lowest BCUT2D eigenvalue weighted by atomic mass is 9.98. The van der Waals surface area contributed by atoms with Crippen LogP contribution >= 0.6 is 0 Å². The zero-order valence-corrected chi connectivity index (χ0v) is 23.1. The third kappa shape index (κ3) is 4.82. The van der Waals surface area contributed by atoms with Gasteiger partial charge in [0.1, 0.15) is 33.4 Å². The molecule has 0 amide bonds. The highest BCUT2D eigenvalue weighted by molar-refractivity contribution is 6.39. The third-order valence-electron chi connectivity index (χ3n) is 6.93. The lowest BCUT2D eigenvalue weighted by Crippen LogP contribution is -2.15. The number of rotatable bonds is 7. The van der Waals surface area contributed by atoms with Crippen molar-refractivity contribution >= 4 is 93.2 Å². The highest BCUT2D eigenvalue weighted by Crippen LogP contribution is 2.38. The summed E-state index contributed by atoms with van der Waals surface area (Å²) in [5.74, 6) is -15.1. The fraction of sp³-hybridized carbons (Fsp3) is 0. The molecular formula is C28H14N4O16. The molecule has 2 aliphatic rings. The van der Waals surface area contributed by atoms with Gasteiger partial charge in [-0.1, -0.05) is 0 Å². The number of hydrogen-bond acceptors (Lipinski definition) is 10. The van der Waals surface area contributed by atoms with Crippen molar-refractivity contribution in [3.05, 3.63) is 68.8 Å². The molecule has 20 nitrogen and oxygen atoms in total. The van der Waals surface area contributed by atoms with Crippen molar-refractivity contribution in [1.29, 1.82) is 0 Å². The summed E-state index contributed by atoms with van der Waals surface area (Å²) in [4.78, 5) is 111. The molecule has 3 aromatic rings. The van der Waals surface area contributed by atoms with Gasteiger partial charge in [0, 0.05) is 5.52 Å². The van der Waals surface area contributed by atoms with E-state index in [-0.39, 0.29) is 21.5 Å². The molecule has 0 fully saturated rings. The van der Waals surface area contributed by atoms with Gasteiger partial charge in [-0.15, -0.1) is 0 Å². The van der Waals surface area contributed by atoms with E-state index in [0.717, 1.165) is 18.2 Å². The van der Waals surface area contributed by atoms with Crippen molar-refractivity contribution in [2.24, 2.45) is 0 Å². The number of aliphatic carboxylic acids is 2. The average molecular weight is 662 g/mol. The van der Waals surface area contributed by atoms with Gasteiger partial charge in [-0.2, -0.15) is 0 Å². The molecule has 8 bridgehead atoms. The van der Waals surface area contributed by atoms with Crippen LogP contribution in [-0.2, 0) is 9.59 Å². The Kier molecular flexibility index (Phi) is 7.32. The number of aromatic amines is 1. The number of aromatic nitrogens is 4. The standard InChI is InChI=1S/C28H14N4O16/c33-21(34)9-4-8-3-6-1-2-7(29-6)5-10-11(22(35)36)14(25(41)42)20(32(10)28(47)48)16(27(45)46)19-13(24(39)40)12(23(37)38)18(31-19)15(26(43)44)17(9)30-8/h1-5,30H,(H,33,34)(H,35,36)(H,37,38)(H,39,40)(H,41,42)(H,43,44)(H,45,46)(H,47,48). The normalized spacial score (nSPS) is 12.1. The van der Waals surface area contributed by atoms with Crippen molar-refractivity contribution in [2.45, 2.75) is 0 Å². The fourth-order valence-corrected chi connectivity index (χ4v) is 5.24. The van der Waals surface area contributed by atoms with Crippen LogP contribution in [-0.4, -0.2) is 108 Å². The van der Waals surface area contributed by atoms with Crippen LogP contribution in [0.15, 0.2) is 18.2 Å². The predicted octanol–water partition coefficient (Wildman–Crippen LogP) is 2.06. The predicted molar refractivity (Wildman–Crippen MR) is 154 cm³/mol. The number of H-pyrrole nitrogens is 1. The first-order chi connectivity index (χ1) is 22.5. The van der Waals surface area contributed by atoms with Crippen LogP contribution in [0.5, 0.6) is 0 Å². The monoisotopic (exact) mass is 662 g/mol. The van der Waals surface area contributed by atoms with E-state index in [1.807, 2.05) is 0 Å². The van der Waals surface area contributed by atoms with Crippen molar-refractivity contribution in [3.8, 4) is 0 Å². The molecular weight excluding hydrogens is 648 g/mol. The number of fused-ring (bicyclic) bond motifs is 8. The molecule has 242 valence electrons. The molecule has 0 saturated heterocycles. The zero-order valence-electron chi connectivity index (χ0n) is 23.1. The highest BCUT2D eigenvalue weighted by Gasteiger charge is 2.40. The SMILES string of the molecule is O=C(O)C1=C(C(=O)O)c2nc1c(C(=O)O)c1[nH]c(cc3nc(cc4c(C(=O)O)c(C(=O)O)c(c2C(=O)O)n4C(=O)O)C=C3)cc1C(=O)O. The molecule has 0 unspecified atom stereocenters. The van der Waals surface area contributed by atoms with Gasteiger partial charge >= 0.3 is 47.9 Å². The number of nitrogens with zero attached hydrogens (tertiary/aromatic N) is 3. The van der Waals surface area contributed by atoms with E-state index in [2.05, 4.69) is 15.0 Å². The Morgan fingerprint density at radius 1 is 0.542 bits per heavy atom. The Labute approximate surface area is 261 Å². The van der Waals surface area contributed by atoms with E-state index >= 15 is 0 Å². The Morgan fingerprint density at radius 3 is 1.50 bits per heavy atom. The largest absolute Gasteiger partial charge is 0.478 e. The first-order valence-corrected chi connectivity index (χ1v) is 12.6. The molecule has 0 saturated carbocycles. The second-order valence-corrected chi connectivity index (χ2v) is 9.64. The van der Waals surface area contributed by atoms with Crippen LogP contribution in [0.1, 0.15) is 74.6 Å². The van der Waals surface area contributed by atoms with E-state index in [0.29, 0.717) is 0 Å². The maximum atomic E-state index is 12.9. The fourth-order valence-electron chi connectivity index (χ4n) is 5.24. The molecule has 0 aliphatic carbocycles. The first kappa shape index (κ1) is 31.8. The number of aromatic carboxylic acids is 5. The van der Waals surface area contributed by atoms with Crippen LogP contribution in [0.25, 0.3) is 45.4 Å². The summed E-state index contributed by atoms with van der Waals surface area (Å²) in [5, 5.41) is 80.8. The van der Waals surface area contributed by atoms with Crippen LogP contribution < -0.4 is 0 Å². The summed E-state index contributed by atoms with van der Waals surface area (Å²) < 4.78 is -0.124. The van der Waals surface area contributed by atoms with Gasteiger partial charge in [0.15, 0.2) is 0 Å². The van der Waals surface area contributed by atoms with E-state index < -0.39 is 115 Å². The summed E-state index contributed by atoms with van der Waals surface area (Å²) in [6, 6.07) is 2.79. The van der Waals surface area contributed by atoms with Crippen molar-refractivity contribution in [3.63, 3.8) is 0 Å². The number of nitrogens with one attached hydrogen (secondary N) is 1. The van der Waals surface area contributed by atoms with Gasteiger partial charge in [0.05, 0.1) is 44.9 Å². The molecule has 0 radical (unpaired) electrons. The first-order valence-electron chi connectivity index (χ1n) is 12.6. The molecule has 48 heavy (non-hydrogen) atoms. The van der Waals surface area contributed by atoms with Gasteiger partial charge in [-0.05, 0) is 30.4 Å². The van der Waals surface area contributed by atoms with Gasteiger partial charge in [-0.3, -0.25) is 0 Å². The van der Waals surface area contributed by atoms with Crippen LogP contribution in [0.2, 0.25) is 0 Å². The Hall–Kier alpha value is -7.64. The van der Waals surface area contributed by atoms with Crippen LogP contribution in [0.3, 0.4) is 0 Å². The molecule has 0 aromatic carbocycles. The Morgan fingerprint density at radius 2 is 1.04 bits per heavy atom. The molecule has 0 atom stereocenters. The summed E-state index contributed by atoms with van der Waals surface area (Å²) in [6.45, 7) is 0. The average Bonchev–Trinajstić information content (AvgIpc) is 3.73. The maximum Gasteiger partial charge on any atom is 0.416 e. The van der Waals surface area contributed by atoms with Crippen LogP contribution in [0.4, 0.5) is 4.79 Å². The maximum absolute atomic E-state index is 12.9. The summed E-state index contributed by atoms with van der Waals surface area (Å²) in [5.41, 5.74) is -16.4. The van der Waals surface area contributed by atoms with Crippen LogP contribution in [0, 0.1) is 0 Å². The molecule has 5 heterocycles. The minimum absolute atomic E-state index is 0.0372. The molecule has 2 aliphatic heterocycles. The summed E-state index contributed by atoms with van der Waals surface area (Å²) in [6.07, 6.45) is 0.231. The summed E-state index contributed by atoms with van der Waals surface area (Å²) in [7, 11) is 0. The van der Waals surface area contributed by atoms with E-state index in [9.17, 15) is 79.2 Å². The molecule has 9 N–H and O–H groups in total. The van der Waals surface area contributed by atoms with Crippen molar-refractivity contribution in [1.82, 2.24) is 19.5 Å². The minimum atomic E-state index is -2.36. The summed E-state index contributed by atoms with van der Waals surface area (Å²) >= 11 is 0. The smallest absolute Gasteiger partial charge is 0.416 e. The van der Waals surface area contributed by atoms with Gasteiger partial charge in [-0.25, -0.2) is 52.9 Å². The van der Waals surface area contributed by atoms with E-state index in [4.69, 9.17) is 0 Å². The quantitative estimate of drug-likeness (QED) is 0.137. The second kappa shape index (κ2) is 11.1. The topological polar surface area (TPSA) is 345 Å². The molecule has 3 aromatic heterocycles. The van der Waals surface area contributed by atoms with Gasteiger partial charge in [0.25, 0.3) is 0 Å². The third-order valence-corrected chi connectivity index (χ3v) is 6.93. The van der Waals surface area contributed by atoms with Gasteiger partial charge < -0.3 is 45.8 Å². The van der Waals surface area contributed by atoms with Crippen molar-refractivity contribution in [2.75, 3.05) is 0 Å². The second-order valence-electron chi connectivity index (χ2n) is 9.64. The highest BCUT2D eigenvalue weighted by atomic mass is 16.4. The number of hydrogen-bond donors (Lipinski definition) is 9. The Balaban J connectivity index is 2.34. The number of carboxylic acids is 7. The van der Waals surface area contributed by atoms with E-state index in [1.54, 1.807) is 0 Å². The Bertz CT molecular complexity index is 2370. The van der Waals surface area contributed by atoms with E-state index in [1.165, 1.54) is 12.2 Å². The van der Waals surface area contributed by atoms with Gasteiger partial charge in [0.2, 0.25) is 0 Å². The minimum Gasteiger partial charge on any atom is -0.478 e. The number of carboxylic acid groups (broad SMARTS) is 8. The molecule has 20 heteroatoms. The zero-order chi connectivity index (χ0) is 35.5.